The number of amides is 1. The van der Waals surface area contributed by atoms with Gasteiger partial charge in [-0.1, -0.05) is 6.07 Å². The van der Waals surface area contributed by atoms with Crippen LogP contribution in [0, 0.1) is 17.0 Å². The fraction of sp³-hybridized carbons (Fsp3) is 0.143. The molecular formula is C14H11F3N4O3. The molecule has 0 saturated heterocycles. The van der Waals surface area contributed by atoms with Gasteiger partial charge in [-0.05, 0) is 31.2 Å². The normalized spacial score (nSPS) is 11.0. The molecule has 0 atom stereocenters. The Hall–Kier alpha value is -3.17. The molecule has 0 fully saturated rings. The minimum atomic E-state index is -4.71. The van der Waals surface area contributed by atoms with Crippen LogP contribution in [-0.4, -0.2) is 15.8 Å². The van der Waals surface area contributed by atoms with Gasteiger partial charge in [-0.25, -0.2) is 4.98 Å². The summed E-state index contributed by atoms with van der Waals surface area (Å²) in [6, 6.07) is 6.62. The molecule has 0 aliphatic rings. The maximum Gasteiger partial charge on any atom is 0.416 e. The van der Waals surface area contributed by atoms with Crippen LogP contribution in [-0.2, 0) is 6.18 Å². The molecule has 0 unspecified atom stereocenters. The number of aromatic nitrogens is 1. The number of rotatable bonds is 4. The van der Waals surface area contributed by atoms with Gasteiger partial charge >= 0.3 is 6.18 Å². The van der Waals surface area contributed by atoms with E-state index >= 15 is 0 Å². The van der Waals surface area contributed by atoms with Crippen LogP contribution in [0.25, 0.3) is 0 Å². The average Bonchev–Trinajstić information content (AvgIpc) is 2.51. The standard InChI is InChI=1S/C14H11F3N4O3/c1-8-3-2-4-11(18-8)13(22)20-19-10-6-5-9(14(15,16)17)7-12(10)21(23)24/h2-7,19H,1H3,(H,20,22). The van der Waals surface area contributed by atoms with Crippen molar-refractivity contribution in [2.75, 3.05) is 5.43 Å². The van der Waals surface area contributed by atoms with Crippen molar-refractivity contribution in [1.29, 1.82) is 0 Å². The maximum atomic E-state index is 12.6. The van der Waals surface area contributed by atoms with Crippen LogP contribution in [0.3, 0.4) is 0 Å². The van der Waals surface area contributed by atoms with Crippen molar-refractivity contribution in [2.24, 2.45) is 0 Å². The quantitative estimate of drug-likeness (QED) is 0.658. The van der Waals surface area contributed by atoms with Gasteiger partial charge in [-0.15, -0.1) is 0 Å². The molecule has 0 aliphatic carbocycles. The number of aryl methyl sites for hydroxylation is 1. The first-order valence-corrected chi connectivity index (χ1v) is 6.54. The number of hydrazine groups is 1. The number of carbonyl (C=O) groups excluding carboxylic acids is 1. The lowest BCUT2D eigenvalue weighted by Crippen LogP contribution is -2.30. The third-order valence-electron chi connectivity index (χ3n) is 2.95. The average molecular weight is 340 g/mol. The van der Waals surface area contributed by atoms with Crippen LogP contribution in [0.4, 0.5) is 24.5 Å². The summed E-state index contributed by atoms with van der Waals surface area (Å²) in [5, 5.41) is 10.9. The molecule has 0 radical (unpaired) electrons. The molecule has 1 heterocycles. The van der Waals surface area contributed by atoms with E-state index in [0.717, 1.165) is 6.07 Å². The van der Waals surface area contributed by atoms with Gasteiger partial charge < -0.3 is 0 Å². The molecule has 1 aromatic heterocycles. The Morgan fingerprint density at radius 3 is 2.54 bits per heavy atom. The number of nitro groups is 1. The minimum Gasteiger partial charge on any atom is -0.292 e. The first-order chi connectivity index (χ1) is 11.2. The second-order valence-corrected chi connectivity index (χ2v) is 4.73. The molecule has 24 heavy (non-hydrogen) atoms. The number of pyridine rings is 1. The van der Waals surface area contributed by atoms with Gasteiger partial charge in [-0.3, -0.25) is 25.8 Å². The Morgan fingerprint density at radius 1 is 1.25 bits per heavy atom. The lowest BCUT2D eigenvalue weighted by atomic mass is 10.1. The molecule has 7 nitrogen and oxygen atoms in total. The van der Waals surface area contributed by atoms with Crippen LogP contribution < -0.4 is 10.9 Å². The molecule has 0 bridgehead atoms. The number of halogens is 3. The number of hydrogen-bond donors (Lipinski definition) is 2. The predicted octanol–water partition coefficient (Wildman–Crippen LogP) is 3.07. The highest BCUT2D eigenvalue weighted by molar-refractivity contribution is 5.93. The number of benzene rings is 1. The fourth-order valence-corrected chi connectivity index (χ4v) is 1.82. The molecule has 2 aromatic rings. The second-order valence-electron chi connectivity index (χ2n) is 4.73. The SMILES string of the molecule is Cc1cccc(C(=O)NNc2ccc(C(F)(F)F)cc2[N+](=O)[O-])n1. The summed E-state index contributed by atoms with van der Waals surface area (Å²) < 4.78 is 37.8. The lowest BCUT2D eigenvalue weighted by Gasteiger charge is -2.11. The first-order valence-electron chi connectivity index (χ1n) is 6.54. The Morgan fingerprint density at radius 2 is 1.96 bits per heavy atom. The van der Waals surface area contributed by atoms with E-state index in [2.05, 4.69) is 15.8 Å². The van der Waals surface area contributed by atoms with Gasteiger partial charge in [-0.2, -0.15) is 13.2 Å². The summed E-state index contributed by atoms with van der Waals surface area (Å²) in [6.45, 7) is 1.67. The summed E-state index contributed by atoms with van der Waals surface area (Å²) in [7, 11) is 0. The van der Waals surface area contributed by atoms with E-state index in [1.807, 2.05) is 0 Å². The van der Waals surface area contributed by atoms with Gasteiger partial charge in [0.1, 0.15) is 11.4 Å². The number of nitro benzene ring substituents is 1. The zero-order chi connectivity index (χ0) is 17.9. The topological polar surface area (TPSA) is 97.2 Å². The third-order valence-corrected chi connectivity index (χ3v) is 2.95. The van der Waals surface area contributed by atoms with Gasteiger partial charge in [0.25, 0.3) is 11.6 Å². The van der Waals surface area contributed by atoms with Crippen molar-refractivity contribution in [2.45, 2.75) is 13.1 Å². The largest absolute Gasteiger partial charge is 0.416 e. The van der Waals surface area contributed by atoms with Crippen LogP contribution in [0.15, 0.2) is 36.4 Å². The summed E-state index contributed by atoms with van der Waals surface area (Å²) >= 11 is 0. The number of nitrogens with zero attached hydrogens (tertiary/aromatic N) is 2. The number of carbonyl (C=O) groups is 1. The lowest BCUT2D eigenvalue weighted by molar-refractivity contribution is -0.384. The Balaban J connectivity index is 2.20. The van der Waals surface area contributed by atoms with E-state index in [9.17, 15) is 28.1 Å². The van der Waals surface area contributed by atoms with Gasteiger partial charge in [0.15, 0.2) is 0 Å². The van der Waals surface area contributed by atoms with Gasteiger partial charge in [0.2, 0.25) is 0 Å². The number of nitrogens with one attached hydrogen (secondary N) is 2. The molecule has 10 heteroatoms. The Labute approximate surface area is 133 Å². The second kappa shape index (κ2) is 6.52. The van der Waals surface area contributed by atoms with Crippen LogP contribution >= 0.6 is 0 Å². The highest BCUT2D eigenvalue weighted by Gasteiger charge is 2.33. The molecular weight excluding hydrogens is 329 g/mol. The van der Waals surface area contributed by atoms with Crippen LogP contribution in [0.2, 0.25) is 0 Å². The van der Waals surface area contributed by atoms with Crippen molar-refractivity contribution in [3.05, 3.63) is 63.5 Å². The van der Waals surface area contributed by atoms with Crippen molar-refractivity contribution in [3.63, 3.8) is 0 Å². The number of hydrogen-bond acceptors (Lipinski definition) is 5. The molecule has 1 aromatic carbocycles. The Bertz CT molecular complexity index is 793. The highest BCUT2D eigenvalue weighted by atomic mass is 19.4. The van der Waals surface area contributed by atoms with Crippen molar-refractivity contribution < 1.29 is 22.9 Å². The molecule has 0 spiro atoms. The molecule has 2 N–H and O–H groups in total. The smallest absolute Gasteiger partial charge is 0.292 e. The monoisotopic (exact) mass is 340 g/mol. The minimum absolute atomic E-state index is 0.0528. The molecule has 0 saturated carbocycles. The van der Waals surface area contributed by atoms with E-state index in [1.165, 1.54) is 6.07 Å². The van der Waals surface area contributed by atoms with Crippen molar-refractivity contribution >= 4 is 17.3 Å². The number of alkyl halides is 3. The van der Waals surface area contributed by atoms with Crippen molar-refractivity contribution in [3.8, 4) is 0 Å². The zero-order valence-corrected chi connectivity index (χ0v) is 12.2. The highest BCUT2D eigenvalue weighted by Crippen LogP contribution is 2.34. The molecule has 0 aliphatic heterocycles. The summed E-state index contributed by atoms with van der Waals surface area (Å²) in [5.74, 6) is -0.687. The fourth-order valence-electron chi connectivity index (χ4n) is 1.82. The van der Waals surface area contributed by atoms with Crippen LogP contribution in [0.1, 0.15) is 21.7 Å². The van der Waals surface area contributed by atoms with Gasteiger partial charge in [0, 0.05) is 11.8 Å². The van der Waals surface area contributed by atoms with E-state index in [-0.39, 0.29) is 11.4 Å². The van der Waals surface area contributed by atoms with Gasteiger partial charge in [0.05, 0.1) is 10.5 Å². The van der Waals surface area contributed by atoms with E-state index in [1.54, 1.807) is 19.1 Å². The van der Waals surface area contributed by atoms with Crippen molar-refractivity contribution in [1.82, 2.24) is 10.4 Å². The van der Waals surface area contributed by atoms with E-state index < -0.39 is 28.3 Å². The maximum absolute atomic E-state index is 12.6. The van der Waals surface area contributed by atoms with E-state index in [0.29, 0.717) is 17.8 Å². The molecule has 1 amide bonds. The summed E-state index contributed by atoms with van der Waals surface area (Å²) in [4.78, 5) is 25.8. The molecule has 2 rings (SSSR count). The summed E-state index contributed by atoms with van der Waals surface area (Å²) in [5.41, 5.74) is 2.78. The number of anilines is 1. The predicted molar refractivity (Wildman–Crippen MR) is 78.2 cm³/mol. The summed E-state index contributed by atoms with van der Waals surface area (Å²) in [6.07, 6.45) is -4.71. The van der Waals surface area contributed by atoms with Crippen LogP contribution in [0.5, 0.6) is 0 Å². The Kier molecular flexibility index (Phi) is 4.67. The third kappa shape index (κ3) is 3.97. The zero-order valence-electron chi connectivity index (χ0n) is 12.2. The molecule has 126 valence electrons. The first kappa shape index (κ1) is 17.2. The van der Waals surface area contributed by atoms with E-state index in [4.69, 9.17) is 0 Å².